The van der Waals surface area contributed by atoms with Gasteiger partial charge in [-0.3, -0.25) is 24.6 Å². The molecule has 202 valence electrons. The monoisotopic (exact) mass is 530 g/mol. The molecule has 0 aliphatic carbocycles. The number of carbonyl (C=O) groups is 3. The zero-order valence-corrected chi connectivity index (χ0v) is 21.6. The van der Waals surface area contributed by atoms with Crippen molar-refractivity contribution in [1.82, 2.24) is 15.1 Å². The number of carbonyl (C=O) groups excluding carboxylic acids is 3. The molecule has 2 saturated heterocycles. The predicted octanol–water partition coefficient (Wildman–Crippen LogP) is 3.56. The highest BCUT2D eigenvalue weighted by Gasteiger charge is 2.40. The lowest BCUT2D eigenvalue weighted by Gasteiger charge is -2.47. The van der Waals surface area contributed by atoms with Gasteiger partial charge in [0.15, 0.2) is 0 Å². The summed E-state index contributed by atoms with van der Waals surface area (Å²) in [5, 5.41) is 1.67. The smallest absolute Gasteiger partial charge is 0.255 e. The molecule has 1 unspecified atom stereocenters. The fourth-order valence-electron chi connectivity index (χ4n) is 5.12. The lowest BCUT2D eigenvalue weighted by atomic mass is 9.98. The molecule has 2 aromatic carbocycles. The van der Waals surface area contributed by atoms with Crippen molar-refractivity contribution in [3.05, 3.63) is 64.5 Å². The molecule has 0 saturated carbocycles. The van der Waals surface area contributed by atoms with Gasteiger partial charge in [0.1, 0.15) is 24.2 Å². The molecular weight excluding hydrogens is 489 g/mol. The molecule has 3 aliphatic rings. The molecule has 0 aromatic heterocycles. The van der Waals surface area contributed by atoms with Gasteiger partial charge in [0.2, 0.25) is 11.8 Å². The second kappa shape index (κ2) is 9.78. The number of nitrogens with one attached hydrogen (secondary N) is 1. The molecule has 3 heterocycles. The van der Waals surface area contributed by atoms with E-state index in [9.17, 15) is 14.4 Å². The van der Waals surface area contributed by atoms with Gasteiger partial charge in [-0.2, -0.15) is 0 Å². The van der Waals surface area contributed by atoms with E-state index in [1.54, 1.807) is 10.2 Å². The number of fused-ring (bicyclic) bond motifs is 1. The average Bonchev–Trinajstić information content (AvgIpc) is 3.26. The van der Waals surface area contributed by atoms with E-state index in [4.69, 9.17) is 19.1 Å². The fraction of sp³-hybridized carbons (Fsp3) is 0.483. The number of morpholine rings is 1. The first-order valence-electron chi connectivity index (χ1n) is 15.7. The molecule has 2 fully saturated rings. The number of rotatable bonds is 6. The van der Waals surface area contributed by atoms with Crippen molar-refractivity contribution in [3.63, 3.8) is 0 Å². The molecule has 8 nitrogen and oxygen atoms in total. The molecule has 1 atom stereocenters. The second-order valence-electron chi connectivity index (χ2n) is 10.7. The van der Waals surface area contributed by atoms with Gasteiger partial charge in [-0.15, -0.1) is 0 Å². The van der Waals surface area contributed by atoms with Gasteiger partial charge in [0.05, 0.1) is 19.1 Å². The Bertz CT molecular complexity index is 1590. The van der Waals surface area contributed by atoms with E-state index in [2.05, 4.69) is 0 Å². The van der Waals surface area contributed by atoms with Gasteiger partial charge in [0.25, 0.3) is 5.91 Å². The normalized spacial score (nSPS) is 30.5. The minimum Gasteiger partial charge on any atom is -0.488 e. The van der Waals surface area contributed by atoms with E-state index < -0.39 is 66.5 Å². The third-order valence-corrected chi connectivity index (χ3v) is 6.35. The Morgan fingerprint density at radius 1 is 1.18 bits per heavy atom. The molecule has 0 spiro atoms. The van der Waals surface area contributed by atoms with Crippen LogP contribution in [0, 0.1) is 5.82 Å². The Kier molecular flexibility index (Phi) is 4.86. The van der Waals surface area contributed by atoms with Crippen molar-refractivity contribution in [2.45, 2.75) is 77.3 Å². The van der Waals surface area contributed by atoms with Crippen molar-refractivity contribution in [3.8, 4) is 5.75 Å². The Balaban J connectivity index is 1.37. The van der Waals surface area contributed by atoms with Crippen LogP contribution in [0.25, 0.3) is 0 Å². The van der Waals surface area contributed by atoms with Gasteiger partial charge < -0.3 is 14.4 Å². The SMILES string of the molecule is [2H]C([2H])(c1ccc(COc2cccc3c2CN(C2([2H])C(=O)NC(=O)C([2H])([2H])C2([2H])[2H])C3=O)c(F)c1)N1CC(C)(C)OC(C)(C)C1. The summed E-state index contributed by atoms with van der Waals surface area (Å²) < 4.78 is 85.9. The van der Waals surface area contributed by atoms with Crippen LogP contribution in [-0.4, -0.2) is 57.8 Å². The molecule has 3 amide bonds. The largest absolute Gasteiger partial charge is 0.488 e. The average molecular weight is 531 g/mol. The lowest BCUT2D eigenvalue weighted by molar-refractivity contribution is -0.182. The van der Waals surface area contributed by atoms with Crippen LogP contribution >= 0.6 is 0 Å². The van der Waals surface area contributed by atoms with Crippen molar-refractivity contribution < 1.29 is 37.8 Å². The van der Waals surface area contributed by atoms with Crippen LogP contribution in [0.5, 0.6) is 5.75 Å². The highest BCUT2D eigenvalue weighted by atomic mass is 19.1. The molecule has 3 aliphatic heterocycles. The van der Waals surface area contributed by atoms with E-state index >= 15 is 4.39 Å². The number of nitrogens with zero attached hydrogens (tertiary/aromatic N) is 2. The van der Waals surface area contributed by atoms with E-state index in [0.717, 1.165) is 6.07 Å². The van der Waals surface area contributed by atoms with Crippen LogP contribution in [0.3, 0.4) is 0 Å². The number of ether oxygens (including phenoxy) is 2. The van der Waals surface area contributed by atoms with Crippen molar-refractivity contribution >= 4 is 17.7 Å². The zero-order chi connectivity index (χ0) is 33.5. The second-order valence-corrected chi connectivity index (χ2v) is 10.7. The maximum Gasteiger partial charge on any atom is 0.255 e. The van der Waals surface area contributed by atoms with Crippen LogP contribution < -0.4 is 10.1 Å². The maximum atomic E-state index is 15.4. The highest BCUT2D eigenvalue weighted by molar-refractivity contribution is 6.05. The van der Waals surface area contributed by atoms with Crippen LogP contribution in [-0.2, 0) is 34.0 Å². The van der Waals surface area contributed by atoms with Crippen LogP contribution in [0.1, 0.15) is 77.1 Å². The summed E-state index contributed by atoms with van der Waals surface area (Å²) in [6.07, 6.45) is -6.72. The van der Waals surface area contributed by atoms with Gasteiger partial charge in [-0.25, -0.2) is 4.39 Å². The minimum absolute atomic E-state index is 0.0273. The van der Waals surface area contributed by atoms with Crippen LogP contribution in [0.15, 0.2) is 36.4 Å². The van der Waals surface area contributed by atoms with Crippen molar-refractivity contribution in [1.29, 1.82) is 0 Å². The van der Waals surface area contributed by atoms with Gasteiger partial charge in [0, 0.05) is 50.9 Å². The molecule has 9 heteroatoms. The Morgan fingerprint density at radius 2 is 1.92 bits per heavy atom. The van der Waals surface area contributed by atoms with E-state index in [1.807, 2.05) is 27.7 Å². The fourth-order valence-corrected chi connectivity index (χ4v) is 5.12. The van der Waals surface area contributed by atoms with Crippen LogP contribution in [0.2, 0.25) is 0 Å². The van der Waals surface area contributed by atoms with Gasteiger partial charge >= 0.3 is 0 Å². The minimum atomic E-state index is -3.42. The number of halogens is 1. The summed E-state index contributed by atoms with van der Waals surface area (Å²) in [5.41, 5.74) is -0.913. The number of imide groups is 1. The molecular formula is C29H34FN3O5. The van der Waals surface area contributed by atoms with Gasteiger partial charge in [-0.05, 0) is 57.8 Å². The molecule has 1 N–H and O–H groups in total. The Labute approximate surface area is 231 Å². The summed E-state index contributed by atoms with van der Waals surface area (Å²) >= 11 is 0. The summed E-state index contributed by atoms with van der Waals surface area (Å²) in [5.74, 6) is -4.62. The first-order chi connectivity index (χ1) is 20.5. The standard InChI is InChI=1S/C29H34FN3O5/c1-28(2)16-32(17-29(3,4)38-28)13-18-8-9-19(22(30)12-18)15-37-24-7-5-6-20-21(24)14-33(27(20)36)23-10-11-25(34)31-26(23)35/h5-9,12,23H,10-11,13-17H2,1-4H3,(H,31,34,35)/i10D2,11D2,13D2,23D. The first kappa shape index (κ1) is 18.9. The summed E-state index contributed by atoms with van der Waals surface area (Å²) in [6, 6.07) is 5.14. The third kappa shape index (κ3) is 5.44. The van der Waals surface area contributed by atoms with E-state index in [0.29, 0.717) is 4.90 Å². The van der Waals surface area contributed by atoms with E-state index in [-0.39, 0.29) is 47.7 Å². The molecule has 0 bridgehead atoms. The lowest BCUT2D eigenvalue weighted by Crippen LogP contribution is -2.56. The first-order valence-corrected chi connectivity index (χ1v) is 12.2. The van der Waals surface area contributed by atoms with Crippen molar-refractivity contribution in [2.24, 2.45) is 0 Å². The summed E-state index contributed by atoms with van der Waals surface area (Å²) in [4.78, 5) is 40.3. The number of benzene rings is 2. The molecule has 5 rings (SSSR count). The Hall–Kier alpha value is -3.30. The predicted molar refractivity (Wildman–Crippen MR) is 138 cm³/mol. The van der Waals surface area contributed by atoms with Crippen LogP contribution in [0.4, 0.5) is 4.39 Å². The number of amides is 3. The topological polar surface area (TPSA) is 88.2 Å². The summed E-state index contributed by atoms with van der Waals surface area (Å²) in [7, 11) is 0. The number of piperidine rings is 1. The molecule has 2 aromatic rings. The highest BCUT2D eigenvalue weighted by Crippen LogP contribution is 2.34. The third-order valence-electron chi connectivity index (χ3n) is 6.35. The van der Waals surface area contributed by atoms with E-state index in [1.165, 1.54) is 30.3 Å². The maximum absolute atomic E-state index is 15.4. The zero-order valence-electron chi connectivity index (χ0n) is 28.6. The summed E-state index contributed by atoms with van der Waals surface area (Å²) in [6.45, 7) is 5.19. The number of hydrogen-bond acceptors (Lipinski definition) is 6. The van der Waals surface area contributed by atoms with Crippen molar-refractivity contribution in [2.75, 3.05) is 13.1 Å². The molecule has 38 heavy (non-hydrogen) atoms. The Morgan fingerprint density at radius 3 is 2.63 bits per heavy atom. The molecule has 0 radical (unpaired) electrons. The number of hydrogen-bond donors (Lipinski definition) is 1. The van der Waals surface area contributed by atoms with Gasteiger partial charge in [-0.1, -0.05) is 18.2 Å². The quantitative estimate of drug-likeness (QED) is 0.575.